The van der Waals surface area contributed by atoms with Crippen LogP contribution in [0.25, 0.3) is 33.0 Å². The Kier molecular flexibility index (Phi) is 5.31. The first-order valence-electron chi connectivity index (χ1n) is 13.5. The fourth-order valence-corrected chi connectivity index (χ4v) is 6.59. The summed E-state index contributed by atoms with van der Waals surface area (Å²) in [6, 6.07) is 35.7. The highest BCUT2D eigenvalue weighted by Gasteiger charge is 2.42. The molecule has 0 aliphatic heterocycles. The molecule has 1 heteroatoms. The Morgan fingerprint density at radius 1 is 0.486 bits per heavy atom. The van der Waals surface area contributed by atoms with Crippen LogP contribution in [0.15, 0.2) is 97.1 Å². The van der Waals surface area contributed by atoms with Gasteiger partial charge in [-0.2, -0.15) is 0 Å². The van der Waals surface area contributed by atoms with Gasteiger partial charge in [0.25, 0.3) is 0 Å². The van der Waals surface area contributed by atoms with Gasteiger partial charge in [0.15, 0.2) is 0 Å². The Morgan fingerprint density at radius 2 is 1.08 bits per heavy atom. The number of hydrogen-bond acceptors (Lipinski definition) is 1. The first kappa shape index (κ1) is 23.6. The second kappa shape index (κ2) is 8.35. The molecule has 0 amide bonds. The maximum atomic E-state index is 3.59. The van der Waals surface area contributed by atoms with E-state index in [9.17, 15) is 0 Å². The van der Waals surface area contributed by atoms with Gasteiger partial charge >= 0.3 is 0 Å². The molecule has 2 aliphatic carbocycles. The molecule has 0 radical (unpaired) electrons. The molecule has 0 bridgehead atoms. The lowest BCUT2D eigenvalue weighted by Gasteiger charge is -2.25. The van der Waals surface area contributed by atoms with Crippen LogP contribution in [0.1, 0.15) is 63.8 Å². The van der Waals surface area contributed by atoms with Crippen molar-refractivity contribution in [1.82, 2.24) is 0 Å². The van der Waals surface area contributed by atoms with E-state index in [1.807, 2.05) is 13.8 Å². The lowest BCUT2D eigenvalue weighted by Crippen LogP contribution is -2.17. The predicted molar refractivity (Wildman–Crippen MR) is 160 cm³/mol. The molecular weight excluding hydrogens is 446 g/mol. The summed E-state index contributed by atoms with van der Waals surface area (Å²) in [5, 5.41) is 6.29. The highest BCUT2D eigenvalue weighted by atomic mass is 14.9. The van der Waals surface area contributed by atoms with Crippen LogP contribution in [-0.4, -0.2) is 0 Å². The fraction of sp³-hybridized carbons (Fsp3) is 0.222. The third-order valence-corrected chi connectivity index (χ3v) is 8.39. The highest BCUT2D eigenvalue weighted by molar-refractivity contribution is 5.99. The number of nitrogens with one attached hydrogen (secondary N) is 1. The summed E-state index contributed by atoms with van der Waals surface area (Å²) in [6.45, 7) is 13.5. The van der Waals surface area contributed by atoms with Crippen LogP contribution in [0.3, 0.4) is 0 Å². The standard InChI is InChI=1S/C34H29N.C2H6/c1-33(2)29-18-23(35-22-11-6-5-7-12-22)15-17-25(29)27-19-31-28(20-30(27)33)26-16-14-21-10-8-9-13-24(21)32(26)34(31,3)4;1-2/h5-20,35H,1-4H3;1-2H3. The molecule has 1 nitrogen and oxygen atoms in total. The van der Waals surface area contributed by atoms with Gasteiger partial charge in [0.05, 0.1) is 0 Å². The van der Waals surface area contributed by atoms with Crippen LogP contribution < -0.4 is 5.32 Å². The van der Waals surface area contributed by atoms with Crippen molar-refractivity contribution < 1.29 is 0 Å². The zero-order valence-corrected chi connectivity index (χ0v) is 22.7. The van der Waals surface area contributed by atoms with E-state index >= 15 is 0 Å². The van der Waals surface area contributed by atoms with E-state index in [1.165, 1.54) is 55.3 Å². The molecule has 0 fully saturated rings. The lowest BCUT2D eigenvalue weighted by molar-refractivity contribution is 0.654. The smallest absolute Gasteiger partial charge is 0.0387 e. The average Bonchev–Trinajstić information content (AvgIpc) is 3.28. The first-order valence-corrected chi connectivity index (χ1v) is 13.5. The number of anilines is 2. The molecular formula is C36H35N. The van der Waals surface area contributed by atoms with Crippen LogP contribution in [0.4, 0.5) is 11.4 Å². The van der Waals surface area contributed by atoms with Crippen molar-refractivity contribution in [3.63, 3.8) is 0 Å². The Hall–Kier alpha value is -3.84. The van der Waals surface area contributed by atoms with Crippen molar-refractivity contribution in [3.8, 4) is 22.3 Å². The molecule has 0 saturated carbocycles. The molecule has 0 saturated heterocycles. The SMILES string of the molecule is CC.CC1(C)c2cc(Nc3ccccc3)ccc2-c2cc3c(cc21)-c1ccc2ccccc2c1C3(C)C. The average molecular weight is 482 g/mol. The maximum Gasteiger partial charge on any atom is 0.0387 e. The summed E-state index contributed by atoms with van der Waals surface area (Å²) >= 11 is 0. The van der Waals surface area contributed by atoms with Gasteiger partial charge < -0.3 is 5.32 Å². The summed E-state index contributed by atoms with van der Waals surface area (Å²) in [7, 11) is 0. The quantitative estimate of drug-likeness (QED) is 0.264. The number of hydrogen-bond donors (Lipinski definition) is 1. The minimum atomic E-state index is -0.0577. The second-order valence-electron chi connectivity index (χ2n) is 11.2. The molecule has 2 aliphatic rings. The highest BCUT2D eigenvalue weighted by Crippen LogP contribution is 2.57. The van der Waals surface area contributed by atoms with Crippen molar-refractivity contribution in [2.45, 2.75) is 52.4 Å². The van der Waals surface area contributed by atoms with Gasteiger partial charge in [-0.15, -0.1) is 0 Å². The van der Waals surface area contributed by atoms with Gasteiger partial charge in [-0.25, -0.2) is 0 Å². The third-order valence-electron chi connectivity index (χ3n) is 8.39. The maximum absolute atomic E-state index is 3.59. The molecule has 1 N–H and O–H groups in total. The van der Waals surface area contributed by atoms with E-state index in [1.54, 1.807) is 0 Å². The normalized spacial score (nSPS) is 15.2. The van der Waals surface area contributed by atoms with Crippen molar-refractivity contribution >= 4 is 22.1 Å². The van der Waals surface area contributed by atoms with Gasteiger partial charge in [0.2, 0.25) is 0 Å². The van der Waals surface area contributed by atoms with Gasteiger partial charge in [-0.1, -0.05) is 102 Å². The van der Waals surface area contributed by atoms with E-state index in [2.05, 4.69) is 130 Å². The number of rotatable bonds is 2. The minimum Gasteiger partial charge on any atom is -0.356 e. The predicted octanol–water partition coefficient (Wildman–Crippen LogP) is 10.2. The van der Waals surface area contributed by atoms with Gasteiger partial charge in [-0.05, 0) is 91.7 Å². The van der Waals surface area contributed by atoms with Gasteiger partial charge in [0.1, 0.15) is 0 Å². The van der Waals surface area contributed by atoms with Crippen molar-refractivity contribution in [3.05, 3.63) is 119 Å². The monoisotopic (exact) mass is 481 g/mol. The molecule has 0 heterocycles. The zero-order chi connectivity index (χ0) is 25.9. The van der Waals surface area contributed by atoms with E-state index in [-0.39, 0.29) is 10.8 Å². The molecule has 184 valence electrons. The summed E-state index contributed by atoms with van der Waals surface area (Å²) in [4.78, 5) is 0. The molecule has 7 rings (SSSR count). The number of benzene rings is 5. The Labute approximate surface area is 221 Å². The molecule has 5 aromatic rings. The van der Waals surface area contributed by atoms with Crippen molar-refractivity contribution in [1.29, 1.82) is 0 Å². The zero-order valence-electron chi connectivity index (χ0n) is 22.7. The fourth-order valence-electron chi connectivity index (χ4n) is 6.59. The topological polar surface area (TPSA) is 12.0 Å². The van der Waals surface area contributed by atoms with E-state index < -0.39 is 0 Å². The van der Waals surface area contributed by atoms with Gasteiger partial charge in [0, 0.05) is 22.2 Å². The van der Waals surface area contributed by atoms with Crippen molar-refractivity contribution in [2.75, 3.05) is 5.32 Å². The van der Waals surface area contributed by atoms with Gasteiger partial charge in [-0.3, -0.25) is 0 Å². The summed E-state index contributed by atoms with van der Waals surface area (Å²) in [5.41, 5.74) is 13.4. The van der Waals surface area contributed by atoms with Crippen LogP contribution in [0, 0.1) is 0 Å². The molecule has 0 spiro atoms. The molecule has 0 atom stereocenters. The second-order valence-corrected chi connectivity index (χ2v) is 11.2. The van der Waals surface area contributed by atoms with Crippen molar-refractivity contribution in [2.24, 2.45) is 0 Å². The van der Waals surface area contributed by atoms with Crippen LogP contribution in [0.2, 0.25) is 0 Å². The summed E-state index contributed by atoms with van der Waals surface area (Å²) < 4.78 is 0. The Morgan fingerprint density at radius 3 is 1.84 bits per heavy atom. The lowest BCUT2D eigenvalue weighted by atomic mass is 9.78. The number of para-hydroxylation sites is 1. The van der Waals surface area contributed by atoms with Crippen LogP contribution >= 0.6 is 0 Å². The summed E-state index contributed by atoms with van der Waals surface area (Å²) in [5.74, 6) is 0. The number of fused-ring (bicyclic) bond motifs is 8. The molecule has 5 aromatic carbocycles. The van der Waals surface area contributed by atoms with Crippen LogP contribution in [-0.2, 0) is 10.8 Å². The van der Waals surface area contributed by atoms with E-state index in [0.717, 1.165) is 11.4 Å². The minimum absolute atomic E-state index is 0.0394. The van der Waals surface area contributed by atoms with Crippen LogP contribution in [0.5, 0.6) is 0 Å². The molecule has 0 unspecified atom stereocenters. The molecule has 37 heavy (non-hydrogen) atoms. The first-order chi connectivity index (χ1) is 17.9. The Bertz CT molecular complexity index is 1650. The van der Waals surface area contributed by atoms with E-state index in [0.29, 0.717) is 0 Å². The molecule has 0 aromatic heterocycles. The summed E-state index contributed by atoms with van der Waals surface area (Å²) in [6.07, 6.45) is 0. The third kappa shape index (κ3) is 3.37. The largest absolute Gasteiger partial charge is 0.356 e. The van der Waals surface area contributed by atoms with E-state index in [4.69, 9.17) is 0 Å². The Balaban J connectivity index is 0.00000123.